The fourth-order valence-corrected chi connectivity index (χ4v) is 2.84. The van der Waals surface area contributed by atoms with Gasteiger partial charge in [0.1, 0.15) is 0 Å². The monoisotopic (exact) mass is 341 g/mol. The number of nitrogens with zero attached hydrogens (tertiary/aromatic N) is 2. The van der Waals surface area contributed by atoms with Crippen molar-refractivity contribution in [3.05, 3.63) is 28.2 Å². The SMILES string of the molecule is CCC1COC(C)CN1c1cc(Br)ccc1/C(N)=N/O. The molecule has 20 heavy (non-hydrogen) atoms. The summed E-state index contributed by atoms with van der Waals surface area (Å²) in [6, 6.07) is 6.06. The van der Waals surface area contributed by atoms with E-state index in [2.05, 4.69) is 39.8 Å². The van der Waals surface area contributed by atoms with Crippen LogP contribution >= 0.6 is 15.9 Å². The Morgan fingerprint density at radius 1 is 1.60 bits per heavy atom. The zero-order valence-electron chi connectivity index (χ0n) is 11.7. The molecule has 0 saturated carbocycles. The largest absolute Gasteiger partial charge is 0.409 e. The number of amidine groups is 1. The number of oxime groups is 1. The maximum absolute atomic E-state index is 8.96. The fourth-order valence-electron chi connectivity index (χ4n) is 2.49. The minimum Gasteiger partial charge on any atom is -0.409 e. The van der Waals surface area contributed by atoms with Crippen LogP contribution in [0.25, 0.3) is 0 Å². The first kappa shape index (κ1) is 15.1. The highest BCUT2D eigenvalue weighted by molar-refractivity contribution is 9.10. The van der Waals surface area contributed by atoms with Crippen LogP contribution in [0.1, 0.15) is 25.8 Å². The molecule has 110 valence electrons. The van der Waals surface area contributed by atoms with Gasteiger partial charge < -0.3 is 20.6 Å². The van der Waals surface area contributed by atoms with Crippen LogP contribution < -0.4 is 10.6 Å². The number of benzene rings is 1. The van der Waals surface area contributed by atoms with Crippen LogP contribution in [-0.4, -0.2) is 36.3 Å². The predicted octanol–water partition coefficient (Wildman–Crippen LogP) is 2.55. The lowest BCUT2D eigenvalue weighted by molar-refractivity contribution is 0.0299. The molecule has 1 aromatic rings. The maximum atomic E-state index is 8.96. The molecule has 2 rings (SSSR count). The topological polar surface area (TPSA) is 71.1 Å². The second-order valence-electron chi connectivity index (χ2n) is 5.01. The molecule has 3 N–H and O–H groups in total. The van der Waals surface area contributed by atoms with Crippen molar-refractivity contribution < 1.29 is 9.94 Å². The second kappa shape index (κ2) is 6.45. The van der Waals surface area contributed by atoms with E-state index in [1.165, 1.54) is 0 Å². The number of rotatable bonds is 3. The number of halogens is 1. The van der Waals surface area contributed by atoms with Gasteiger partial charge in [0.05, 0.1) is 18.8 Å². The molecule has 2 atom stereocenters. The molecule has 0 aromatic heterocycles. The smallest absolute Gasteiger partial charge is 0.172 e. The Morgan fingerprint density at radius 2 is 2.35 bits per heavy atom. The minimum absolute atomic E-state index is 0.126. The summed E-state index contributed by atoms with van der Waals surface area (Å²) < 4.78 is 6.69. The van der Waals surface area contributed by atoms with Crippen molar-refractivity contribution in [1.29, 1.82) is 0 Å². The first-order valence-electron chi connectivity index (χ1n) is 6.72. The Morgan fingerprint density at radius 3 is 3.00 bits per heavy atom. The van der Waals surface area contributed by atoms with E-state index in [9.17, 15) is 0 Å². The van der Waals surface area contributed by atoms with E-state index in [0.29, 0.717) is 12.6 Å². The Bertz CT molecular complexity index is 507. The molecule has 1 saturated heterocycles. The molecule has 6 heteroatoms. The molecule has 1 fully saturated rings. The van der Waals surface area contributed by atoms with E-state index in [1.54, 1.807) is 0 Å². The highest BCUT2D eigenvalue weighted by Crippen LogP contribution is 2.30. The van der Waals surface area contributed by atoms with E-state index in [4.69, 9.17) is 15.7 Å². The molecule has 0 radical (unpaired) electrons. The van der Waals surface area contributed by atoms with Crippen molar-refractivity contribution in [2.24, 2.45) is 10.9 Å². The summed E-state index contributed by atoms with van der Waals surface area (Å²) in [5.41, 5.74) is 7.51. The van der Waals surface area contributed by atoms with Gasteiger partial charge in [-0.15, -0.1) is 0 Å². The van der Waals surface area contributed by atoms with Crippen molar-refractivity contribution >= 4 is 27.5 Å². The molecule has 0 spiro atoms. The van der Waals surface area contributed by atoms with Gasteiger partial charge in [0.15, 0.2) is 5.84 Å². The number of morpholine rings is 1. The Hall–Kier alpha value is -1.27. The summed E-state index contributed by atoms with van der Waals surface area (Å²) in [5.74, 6) is 0.126. The molecule has 1 heterocycles. The lowest BCUT2D eigenvalue weighted by atomic mass is 10.1. The van der Waals surface area contributed by atoms with Gasteiger partial charge in [0.25, 0.3) is 0 Å². The minimum atomic E-state index is 0.126. The lowest BCUT2D eigenvalue weighted by Gasteiger charge is -2.40. The molecule has 1 aliphatic heterocycles. The van der Waals surface area contributed by atoms with Crippen LogP contribution in [-0.2, 0) is 4.74 Å². The zero-order valence-corrected chi connectivity index (χ0v) is 13.3. The van der Waals surface area contributed by atoms with Gasteiger partial charge in [0.2, 0.25) is 0 Å². The zero-order chi connectivity index (χ0) is 14.7. The van der Waals surface area contributed by atoms with Gasteiger partial charge in [-0.1, -0.05) is 28.0 Å². The normalized spacial score (nSPS) is 23.9. The molecule has 1 aromatic carbocycles. The van der Waals surface area contributed by atoms with Crippen molar-refractivity contribution in [3.8, 4) is 0 Å². The van der Waals surface area contributed by atoms with Crippen molar-refractivity contribution in [1.82, 2.24) is 0 Å². The second-order valence-corrected chi connectivity index (χ2v) is 5.92. The van der Waals surface area contributed by atoms with Crippen LogP contribution in [0.15, 0.2) is 27.8 Å². The number of anilines is 1. The molecule has 0 amide bonds. The molecule has 5 nitrogen and oxygen atoms in total. The molecule has 2 unspecified atom stereocenters. The Labute approximate surface area is 127 Å². The first-order valence-corrected chi connectivity index (χ1v) is 7.51. The summed E-state index contributed by atoms with van der Waals surface area (Å²) in [4.78, 5) is 2.28. The van der Waals surface area contributed by atoms with E-state index in [-0.39, 0.29) is 11.9 Å². The van der Waals surface area contributed by atoms with Gasteiger partial charge in [-0.05, 0) is 31.5 Å². The third kappa shape index (κ3) is 3.07. The highest BCUT2D eigenvalue weighted by atomic mass is 79.9. The van der Waals surface area contributed by atoms with Crippen molar-refractivity contribution in [3.63, 3.8) is 0 Å². The average molecular weight is 342 g/mol. The number of ether oxygens (including phenoxy) is 1. The molecule has 1 aliphatic rings. The third-order valence-corrected chi connectivity index (χ3v) is 4.09. The van der Waals surface area contributed by atoms with Gasteiger partial charge in [-0.25, -0.2) is 0 Å². The highest BCUT2D eigenvalue weighted by Gasteiger charge is 2.28. The van der Waals surface area contributed by atoms with Crippen LogP contribution in [0.2, 0.25) is 0 Å². The van der Waals surface area contributed by atoms with Gasteiger partial charge >= 0.3 is 0 Å². The molecule has 0 bridgehead atoms. The molecular formula is C14H20BrN3O2. The van der Waals surface area contributed by atoms with E-state index in [1.807, 2.05) is 18.2 Å². The average Bonchev–Trinajstić information content (AvgIpc) is 2.46. The number of hydrogen-bond acceptors (Lipinski definition) is 4. The van der Waals surface area contributed by atoms with Crippen molar-refractivity contribution in [2.45, 2.75) is 32.4 Å². The van der Waals surface area contributed by atoms with E-state index >= 15 is 0 Å². The number of nitrogens with two attached hydrogens (primary N) is 1. The predicted molar refractivity (Wildman–Crippen MR) is 83.5 cm³/mol. The van der Waals surface area contributed by atoms with Crippen LogP contribution in [0.3, 0.4) is 0 Å². The van der Waals surface area contributed by atoms with Gasteiger partial charge in [0, 0.05) is 22.3 Å². The molecular weight excluding hydrogens is 322 g/mol. The maximum Gasteiger partial charge on any atom is 0.172 e. The van der Waals surface area contributed by atoms with Gasteiger partial charge in [-0.2, -0.15) is 0 Å². The first-order chi connectivity index (χ1) is 9.56. The summed E-state index contributed by atoms with van der Waals surface area (Å²) in [6.07, 6.45) is 1.14. The lowest BCUT2D eigenvalue weighted by Crippen LogP contribution is -2.49. The summed E-state index contributed by atoms with van der Waals surface area (Å²) in [5, 5.41) is 12.1. The van der Waals surface area contributed by atoms with Crippen LogP contribution in [0, 0.1) is 0 Å². The number of hydrogen-bond donors (Lipinski definition) is 2. The quantitative estimate of drug-likeness (QED) is 0.383. The fraction of sp³-hybridized carbons (Fsp3) is 0.500. The molecule has 0 aliphatic carbocycles. The van der Waals surface area contributed by atoms with Gasteiger partial charge in [-0.3, -0.25) is 0 Å². The van der Waals surface area contributed by atoms with Crippen molar-refractivity contribution in [2.75, 3.05) is 18.1 Å². The van der Waals surface area contributed by atoms with Crippen LogP contribution in [0.4, 0.5) is 5.69 Å². The van der Waals surface area contributed by atoms with E-state index in [0.717, 1.165) is 28.7 Å². The summed E-state index contributed by atoms with van der Waals surface area (Å²) in [7, 11) is 0. The van der Waals surface area contributed by atoms with Crippen LogP contribution in [0.5, 0.6) is 0 Å². The Kier molecular flexibility index (Phi) is 4.88. The summed E-state index contributed by atoms with van der Waals surface area (Å²) >= 11 is 3.49. The Balaban J connectivity index is 2.45. The standard InChI is InChI=1S/C14H20BrN3O2/c1-3-11-8-20-9(2)7-18(11)13-6-10(15)4-5-12(13)14(16)17-19/h4-6,9,11,19H,3,7-8H2,1-2H3,(H2,16,17). The van der Waals surface area contributed by atoms with E-state index < -0.39 is 0 Å². The third-order valence-electron chi connectivity index (χ3n) is 3.59. The summed E-state index contributed by atoms with van der Waals surface area (Å²) in [6.45, 7) is 5.68.